The Balaban J connectivity index is 0.00000210. The SMILES string of the molecule is CC1CC(C)CN(C(=O)CN2CCN(C(=O)CCC3CCNCC3)CC2)C1.Cl.Cl. The van der Waals surface area contributed by atoms with Crippen molar-refractivity contribution in [2.45, 2.75) is 46.0 Å². The Morgan fingerprint density at radius 2 is 1.45 bits per heavy atom. The Kier molecular flexibility index (Phi) is 11.9. The minimum absolute atomic E-state index is 0. The first-order valence-electron chi connectivity index (χ1n) is 11.0. The van der Waals surface area contributed by atoms with Crippen LogP contribution in [0.2, 0.25) is 0 Å². The average molecular weight is 451 g/mol. The molecule has 0 bridgehead atoms. The molecule has 170 valence electrons. The topological polar surface area (TPSA) is 55.9 Å². The first-order valence-corrected chi connectivity index (χ1v) is 11.0. The van der Waals surface area contributed by atoms with Crippen molar-refractivity contribution >= 4 is 36.6 Å². The van der Waals surface area contributed by atoms with Crippen LogP contribution in [-0.2, 0) is 9.59 Å². The number of halogens is 2. The summed E-state index contributed by atoms with van der Waals surface area (Å²) in [4.78, 5) is 31.4. The fourth-order valence-electron chi connectivity index (χ4n) is 4.97. The Bertz CT molecular complexity index is 499. The highest BCUT2D eigenvalue weighted by Gasteiger charge is 2.28. The second-order valence-corrected chi connectivity index (χ2v) is 9.13. The molecule has 2 unspecified atom stereocenters. The third kappa shape index (κ3) is 8.23. The number of nitrogens with one attached hydrogen (secondary N) is 1. The van der Waals surface area contributed by atoms with Crippen molar-refractivity contribution in [1.82, 2.24) is 20.0 Å². The van der Waals surface area contributed by atoms with Gasteiger partial charge in [0.2, 0.25) is 11.8 Å². The van der Waals surface area contributed by atoms with Crippen LogP contribution in [0.3, 0.4) is 0 Å². The Morgan fingerprint density at radius 1 is 0.862 bits per heavy atom. The number of carbonyl (C=O) groups excluding carboxylic acids is 2. The molecule has 2 atom stereocenters. The lowest BCUT2D eigenvalue weighted by Gasteiger charge is -2.38. The van der Waals surface area contributed by atoms with Crippen molar-refractivity contribution < 1.29 is 9.59 Å². The predicted molar refractivity (Wildman–Crippen MR) is 122 cm³/mol. The molecule has 0 aromatic heterocycles. The maximum Gasteiger partial charge on any atom is 0.236 e. The van der Waals surface area contributed by atoms with E-state index in [9.17, 15) is 9.59 Å². The summed E-state index contributed by atoms with van der Waals surface area (Å²) in [5.41, 5.74) is 0. The molecule has 3 saturated heterocycles. The van der Waals surface area contributed by atoms with Gasteiger partial charge < -0.3 is 15.1 Å². The highest BCUT2D eigenvalue weighted by molar-refractivity contribution is 5.85. The molecule has 3 aliphatic heterocycles. The van der Waals surface area contributed by atoms with Gasteiger partial charge in [-0.3, -0.25) is 14.5 Å². The van der Waals surface area contributed by atoms with Crippen LogP contribution in [-0.4, -0.2) is 85.4 Å². The van der Waals surface area contributed by atoms with Gasteiger partial charge in [0, 0.05) is 45.7 Å². The molecular weight excluding hydrogens is 411 g/mol. The van der Waals surface area contributed by atoms with Crippen LogP contribution in [0, 0.1) is 17.8 Å². The third-order valence-corrected chi connectivity index (χ3v) is 6.53. The molecule has 2 amide bonds. The summed E-state index contributed by atoms with van der Waals surface area (Å²) in [6.45, 7) is 12.2. The largest absolute Gasteiger partial charge is 0.341 e. The lowest BCUT2D eigenvalue weighted by Crippen LogP contribution is -2.53. The number of rotatable bonds is 5. The summed E-state index contributed by atoms with van der Waals surface area (Å²) in [5, 5.41) is 3.38. The minimum Gasteiger partial charge on any atom is -0.341 e. The van der Waals surface area contributed by atoms with Crippen LogP contribution in [0.25, 0.3) is 0 Å². The number of hydrogen-bond donors (Lipinski definition) is 1. The summed E-state index contributed by atoms with van der Waals surface area (Å²) in [6, 6.07) is 0. The molecule has 3 heterocycles. The van der Waals surface area contributed by atoms with E-state index in [-0.39, 0.29) is 30.7 Å². The maximum absolute atomic E-state index is 12.6. The van der Waals surface area contributed by atoms with Gasteiger partial charge in [-0.1, -0.05) is 13.8 Å². The molecule has 3 aliphatic rings. The van der Waals surface area contributed by atoms with Crippen molar-refractivity contribution in [3.8, 4) is 0 Å². The molecule has 3 rings (SSSR count). The molecule has 6 nitrogen and oxygen atoms in total. The van der Waals surface area contributed by atoms with Gasteiger partial charge in [-0.05, 0) is 56.5 Å². The first kappa shape index (κ1) is 26.5. The highest BCUT2D eigenvalue weighted by atomic mass is 35.5. The van der Waals surface area contributed by atoms with Gasteiger partial charge in [0.05, 0.1) is 6.54 Å². The van der Waals surface area contributed by atoms with Gasteiger partial charge in [-0.15, -0.1) is 24.8 Å². The lowest BCUT2D eigenvalue weighted by molar-refractivity contribution is -0.137. The van der Waals surface area contributed by atoms with E-state index < -0.39 is 0 Å². The predicted octanol–water partition coefficient (Wildman–Crippen LogP) is 2.26. The summed E-state index contributed by atoms with van der Waals surface area (Å²) in [7, 11) is 0. The number of amides is 2. The lowest BCUT2D eigenvalue weighted by atomic mass is 9.92. The van der Waals surface area contributed by atoms with Crippen LogP contribution >= 0.6 is 24.8 Å². The molecule has 3 fully saturated rings. The first-order chi connectivity index (χ1) is 13.0. The number of piperazine rings is 1. The molecule has 0 aromatic rings. The average Bonchev–Trinajstić information content (AvgIpc) is 2.66. The molecule has 1 N–H and O–H groups in total. The van der Waals surface area contributed by atoms with Crippen molar-refractivity contribution in [1.29, 1.82) is 0 Å². The van der Waals surface area contributed by atoms with Crippen LogP contribution < -0.4 is 5.32 Å². The molecule has 29 heavy (non-hydrogen) atoms. The van der Waals surface area contributed by atoms with Crippen LogP contribution in [0.5, 0.6) is 0 Å². The standard InChI is InChI=1S/C21H38N4O2.2ClH/c1-17-13-18(2)15-25(14-17)21(27)16-23-9-11-24(12-10-23)20(26)4-3-19-5-7-22-8-6-19;;/h17-19,22H,3-16H2,1-2H3;2*1H. The summed E-state index contributed by atoms with van der Waals surface area (Å²) in [6.07, 6.45) is 5.35. The van der Waals surface area contributed by atoms with Gasteiger partial charge in [-0.2, -0.15) is 0 Å². The Morgan fingerprint density at radius 3 is 2.03 bits per heavy atom. The van der Waals surface area contributed by atoms with Crippen LogP contribution in [0.1, 0.15) is 46.0 Å². The monoisotopic (exact) mass is 450 g/mol. The Hall–Kier alpha value is -0.560. The Labute approximate surface area is 188 Å². The zero-order chi connectivity index (χ0) is 19.2. The number of carbonyl (C=O) groups is 2. The van der Waals surface area contributed by atoms with Crippen LogP contribution in [0.4, 0.5) is 0 Å². The smallest absolute Gasteiger partial charge is 0.236 e. The van der Waals surface area contributed by atoms with E-state index in [4.69, 9.17) is 0 Å². The number of hydrogen-bond acceptors (Lipinski definition) is 4. The number of likely N-dealkylation sites (tertiary alicyclic amines) is 1. The molecular formula is C21H40Cl2N4O2. The summed E-state index contributed by atoms with van der Waals surface area (Å²) in [5.74, 6) is 2.49. The second-order valence-electron chi connectivity index (χ2n) is 9.13. The van der Waals surface area contributed by atoms with Gasteiger partial charge in [0.1, 0.15) is 0 Å². The summed E-state index contributed by atoms with van der Waals surface area (Å²) >= 11 is 0. The van der Waals surface area contributed by atoms with E-state index in [1.54, 1.807) is 0 Å². The molecule has 0 aliphatic carbocycles. The minimum atomic E-state index is 0. The van der Waals surface area contributed by atoms with Crippen molar-refractivity contribution in [2.75, 3.05) is 58.9 Å². The fraction of sp³-hybridized carbons (Fsp3) is 0.905. The molecule has 0 spiro atoms. The van der Waals surface area contributed by atoms with Crippen molar-refractivity contribution in [3.63, 3.8) is 0 Å². The molecule has 0 radical (unpaired) electrons. The summed E-state index contributed by atoms with van der Waals surface area (Å²) < 4.78 is 0. The van der Waals surface area contributed by atoms with E-state index in [0.717, 1.165) is 58.8 Å². The number of piperidine rings is 2. The van der Waals surface area contributed by atoms with Gasteiger partial charge in [0.15, 0.2) is 0 Å². The zero-order valence-electron chi connectivity index (χ0n) is 18.1. The molecule has 0 aromatic carbocycles. The second kappa shape index (κ2) is 13.0. The van der Waals surface area contributed by atoms with E-state index in [1.807, 2.05) is 4.90 Å². The van der Waals surface area contributed by atoms with Crippen LogP contribution in [0.15, 0.2) is 0 Å². The van der Waals surface area contributed by atoms with Gasteiger partial charge in [0.25, 0.3) is 0 Å². The van der Waals surface area contributed by atoms with E-state index in [2.05, 4.69) is 29.0 Å². The highest BCUT2D eigenvalue weighted by Crippen LogP contribution is 2.21. The zero-order valence-corrected chi connectivity index (χ0v) is 19.7. The maximum atomic E-state index is 12.6. The van der Waals surface area contributed by atoms with Crippen molar-refractivity contribution in [3.05, 3.63) is 0 Å². The van der Waals surface area contributed by atoms with E-state index >= 15 is 0 Å². The third-order valence-electron chi connectivity index (χ3n) is 6.53. The number of nitrogens with zero attached hydrogens (tertiary/aromatic N) is 3. The normalized spacial score (nSPS) is 26.4. The van der Waals surface area contributed by atoms with Gasteiger partial charge >= 0.3 is 0 Å². The van der Waals surface area contributed by atoms with Gasteiger partial charge in [-0.25, -0.2) is 0 Å². The van der Waals surface area contributed by atoms with E-state index in [1.165, 1.54) is 19.3 Å². The fourth-order valence-corrected chi connectivity index (χ4v) is 4.97. The molecule has 0 saturated carbocycles. The van der Waals surface area contributed by atoms with Crippen molar-refractivity contribution in [2.24, 2.45) is 17.8 Å². The molecule has 8 heteroatoms. The van der Waals surface area contributed by atoms with E-state index in [0.29, 0.717) is 36.6 Å². The quantitative estimate of drug-likeness (QED) is 0.697.